The largest absolute Gasteiger partial charge is 0.368 e. The lowest BCUT2D eigenvalue weighted by Crippen LogP contribution is -2.33. The second kappa shape index (κ2) is 6.76. The Balaban J connectivity index is 2.18. The van der Waals surface area contributed by atoms with Gasteiger partial charge in [-0.1, -0.05) is 18.9 Å². The summed E-state index contributed by atoms with van der Waals surface area (Å²) in [5.41, 5.74) is 8.52. The van der Waals surface area contributed by atoms with Crippen LogP contribution in [0.15, 0.2) is 22.7 Å². The van der Waals surface area contributed by atoms with E-state index in [-0.39, 0.29) is 6.04 Å². The molecule has 2 rings (SSSR count). The van der Waals surface area contributed by atoms with E-state index in [9.17, 15) is 0 Å². The molecule has 1 aromatic carbocycles. The van der Waals surface area contributed by atoms with Crippen molar-refractivity contribution in [2.75, 3.05) is 11.4 Å². The first-order chi connectivity index (χ1) is 9.11. The summed E-state index contributed by atoms with van der Waals surface area (Å²) in [5, 5.41) is 0. The number of nitrogens with zero attached hydrogens (tertiary/aromatic N) is 1. The molecule has 0 aromatic heterocycles. The quantitative estimate of drug-likeness (QED) is 0.883. The van der Waals surface area contributed by atoms with E-state index in [1.807, 2.05) is 0 Å². The summed E-state index contributed by atoms with van der Waals surface area (Å²) < 4.78 is 1.21. The summed E-state index contributed by atoms with van der Waals surface area (Å²) in [7, 11) is 0. The van der Waals surface area contributed by atoms with Crippen molar-refractivity contribution in [2.45, 2.75) is 58.0 Å². The number of hydrogen-bond acceptors (Lipinski definition) is 2. The lowest BCUT2D eigenvalue weighted by Gasteiger charge is -2.31. The Morgan fingerprint density at radius 3 is 2.58 bits per heavy atom. The van der Waals surface area contributed by atoms with Crippen molar-refractivity contribution in [3.8, 4) is 0 Å². The maximum atomic E-state index is 5.87. The van der Waals surface area contributed by atoms with Crippen LogP contribution in [0.4, 0.5) is 5.69 Å². The SMILES string of the molecule is CCN(c1ccc(CC(C)N)cc1Br)C1CCCC1. The summed E-state index contributed by atoms with van der Waals surface area (Å²) in [4.78, 5) is 2.55. The van der Waals surface area contributed by atoms with Gasteiger partial charge in [0.2, 0.25) is 0 Å². The highest BCUT2D eigenvalue weighted by Crippen LogP contribution is 2.33. The summed E-state index contributed by atoms with van der Waals surface area (Å²) >= 11 is 3.74. The van der Waals surface area contributed by atoms with Gasteiger partial charge in [0.1, 0.15) is 0 Å². The molecule has 1 aromatic rings. The molecule has 0 saturated heterocycles. The highest BCUT2D eigenvalue weighted by molar-refractivity contribution is 9.10. The standard InChI is InChI=1S/C16H25BrN2/c1-3-19(14-6-4-5-7-14)16-9-8-13(10-12(2)18)11-15(16)17/h8-9,11-12,14H,3-7,10,18H2,1-2H3. The number of hydrogen-bond donors (Lipinski definition) is 1. The molecule has 1 saturated carbocycles. The maximum Gasteiger partial charge on any atom is 0.0513 e. The Hall–Kier alpha value is -0.540. The van der Waals surface area contributed by atoms with Crippen molar-refractivity contribution in [3.05, 3.63) is 28.2 Å². The summed E-state index contributed by atoms with van der Waals surface area (Å²) in [6, 6.07) is 7.65. The van der Waals surface area contributed by atoms with Crippen molar-refractivity contribution in [2.24, 2.45) is 5.73 Å². The van der Waals surface area contributed by atoms with Gasteiger partial charge >= 0.3 is 0 Å². The van der Waals surface area contributed by atoms with E-state index in [1.54, 1.807) is 0 Å². The topological polar surface area (TPSA) is 29.3 Å². The van der Waals surface area contributed by atoms with Gasteiger partial charge in [0.05, 0.1) is 5.69 Å². The Morgan fingerprint density at radius 2 is 2.05 bits per heavy atom. The monoisotopic (exact) mass is 324 g/mol. The highest BCUT2D eigenvalue weighted by Gasteiger charge is 2.23. The summed E-state index contributed by atoms with van der Waals surface area (Å²) in [5.74, 6) is 0. The van der Waals surface area contributed by atoms with Gasteiger partial charge in [-0.05, 0) is 66.7 Å². The third-order valence-electron chi connectivity index (χ3n) is 3.99. The number of rotatable bonds is 5. The molecule has 0 radical (unpaired) electrons. The molecule has 106 valence electrons. The number of anilines is 1. The fourth-order valence-electron chi connectivity index (χ4n) is 3.12. The van der Waals surface area contributed by atoms with Crippen molar-refractivity contribution in [1.29, 1.82) is 0 Å². The van der Waals surface area contributed by atoms with Crippen molar-refractivity contribution >= 4 is 21.6 Å². The van der Waals surface area contributed by atoms with Gasteiger partial charge in [-0.25, -0.2) is 0 Å². The van der Waals surface area contributed by atoms with Gasteiger partial charge in [-0.15, -0.1) is 0 Å². The molecule has 2 N–H and O–H groups in total. The average molecular weight is 325 g/mol. The first-order valence-corrected chi connectivity index (χ1v) is 8.21. The molecule has 3 heteroatoms. The molecule has 0 heterocycles. The molecule has 1 fully saturated rings. The lowest BCUT2D eigenvalue weighted by molar-refractivity contribution is 0.618. The third kappa shape index (κ3) is 3.73. The van der Waals surface area contributed by atoms with Crippen molar-refractivity contribution in [3.63, 3.8) is 0 Å². The van der Waals surface area contributed by atoms with E-state index < -0.39 is 0 Å². The minimum Gasteiger partial charge on any atom is -0.368 e. The second-order valence-electron chi connectivity index (χ2n) is 5.69. The van der Waals surface area contributed by atoms with E-state index in [0.29, 0.717) is 0 Å². The summed E-state index contributed by atoms with van der Waals surface area (Å²) in [6.45, 7) is 5.38. The predicted octanol–water partition coefficient (Wildman–Crippen LogP) is 4.11. The van der Waals surface area contributed by atoms with Crippen LogP contribution in [0, 0.1) is 0 Å². The minimum atomic E-state index is 0.217. The normalized spacial score (nSPS) is 17.7. The van der Waals surface area contributed by atoms with Gasteiger partial charge in [-0.3, -0.25) is 0 Å². The third-order valence-corrected chi connectivity index (χ3v) is 4.62. The molecule has 0 spiro atoms. The zero-order valence-corrected chi connectivity index (χ0v) is 13.6. The zero-order valence-electron chi connectivity index (χ0n) is 12.0. The number of halogens is 1. The number of benzene rings is 1. The second-order valence-corrected chi connectivity index (χ2v) is 6.55. The van der Waals surface area contributed by atoms with Crippen LogP contribution in [0.3, 0.4) is 0 Å². The van der Waals surface area contributed by atoms with Crippen LogP contribution in [0.25, 0.3) is 0 Å². The van der Waals surface area contributed by atoms with E-state index in [1.165, 1.54) is 41.4 Å². The van der Waals surface area contributed by atoms with Gasteiger partial charge in [0.15, 0.2) is 0 Å². The van der Waals surface area contributed by atoms with Gasteiger partial charge in [0, 0.05) is 23.1 Å². The molecule has 1 unspecified atom stereocenters. The lowest BCUT2D eigenvalue weighted by atomic mass is 10.1. The Kier molecular flexibility index (Phi) is 5.28. The van der Waals surface area contributed by atoms with Gasteiger partial charge < -0.3 is 10.6 Å². The molecule has 2 nitrogen and oxygen atoms in total. The Bertz CT molecular complexity index is 411. The van der Waals surface area contributed by atoms with Crippen LogP contribution in [-0.2, 0) is 6.42 Å². The fourth-order valence-corrected chi connectivity index (χ4v) is 3.78. The highest BCUT2D eigenvalue weighted by atomic mass is 79.9. The molecule has 0 aliphatic heterocycles. The van der Waals surface area contributed by atoms with Crippen LogP contribution in [0.2, 0.25) is 0 Å². The average Bonchev–Trinajstić information content (AvgIpc) is 2.85. The van der Waals surface area contributed by atoms with Crippen LogP contribution in [0.5, 0.6) is 0 Å². The van der Waals surface area contributed by atoms with E-state index in [2.05, 4.69) is 52.9 Å². The fraction of sp³-hybridized carbons (Fsp3) is 0.625. The smallest absolute Gasteiger partial charge is 0.0513 e. The van der Waals surface area contributed by atoms with Crippen molar-refractivity contribution in [1.82, 2.24) is 0 Å². The van der Waals surface area contributed by atoms with Crippen LogP contribution in [0.1, 0.15) is 45.1 Å². The molecule has 1 atom stereocenters. The molecule has 0 bridgehead atoms. The zero-order chi connectivity index (χ0) is 13.8. The van der Waals surface area contributed by atoms with Crippen LogP contribution >= 0.6 is 15.9 Å². The first-order valence-electron chi connectivity index (χ1n) is 7.42. The molecule has 1 aliphatic rings. The summed E-state index contributed by atoms with van der Waals surface area (Å²) in [6.07, 6.45) is 6.36. The Morgan fingerprint density at radius 1 is 1.37 bits per heavy atom. The number of nitrogens with two attached hydrogens (primary N) is 1. The van der Waals surface area contributed by atoms with E-state index in [0.717, 1.165) is 19.0 Å². The van der Waals surface area contributed by atoms with Gasteiger partial charge in [-0.2, -0.15) is 0 Å². The van der Waals surface area contributed by atoms with Gasteiger partial charge in [0.25, 0.3) is 0 Å². The predicted molar refractivity (Wildman–Crippen MR) is 86.8 cm³/mol. The van der Waals surface area contributed by atoms with Crippen LogP contribution < -0.4 is 10.6 Å². The minimum absolute atomic E-state index is 0.217. The van der Waals surface area contributed by atoms with Crippen LogP contribution in [-0.4, -0.2) is 18.6 Å². The van der Waals surface area contributed by atoms with E-state index in [4.69, 9.17) is 5.73 Å². The molecule has 19 heavy (non-hydrogen) atoms. The first kappa shape index (κ1) is 14.9. The Labute approximate surface area is 125 Å². The van der Waals surface area contributed by atoms with Crippen molar-refractivity contribution < 1.29 is 0 Å². The molecular formula is C16H25BrN2. The molecular weight excluding hydrogens is 300 g/mol. The molecule has 1 aliphatic carbocycles. The maximum absolute atomic E-state index is 5.87. The molecule has 0 amide bonds. The van der Waals surface area contributed by atoms with E-state index >= 15 is 0 Å².